The molecule has 4 heteroatoms. The first-order valence-corrected chi connectivity index (χ1v) is 6.46. The maximum Gasteiger partial charge on any atom is 0.103 e. The minimum atomic E-state index is 0.494. The van der Waals surface area contributed by atoms with Crippen molar-refractivity contribution in [2.45, 2.75) is 13.5 Å². The fourth-order valence-electron chi connectivity index (χ4n) is 1.96. The molecule has 3 nitrogen and oxygen atoms in total. The van der Waals surface area contributed by atoms with Gasteiger partial charge in [0.25, 0.3) is 0 Å². The van der Waals surface area contributed by atoms with E-state index in [4.69, 9.17) is 11.6 Å². The number of nitriles is 1. The molecule has 96 valence electrons. The zero-order chi connectivity index (χ0) is 13.7. The third-order valence-electron chi connectivity index (χ3n) is 2.95. The van der Waals surface area contributed by atoms with Gasteiger partial charge in [-0.05, 0) is 36.8 Å². The second-order valence-electron chi connectivity index (χ2n) is 4.12. The molecule has 0 aliphatic heterocycles. The lowest BCUT2D eigenvalue weighted by Crippen LogP contribution is -2.23. The van der Waals surface area contributed by atoms with Gasteiger partial charge < -0.3 is 4.90 Å². The van der Waals surface area contributed by atoms with Gasteiger partial charge in [0.1, 0.15) is 6.07 Å². The van der Waals surface area contributed by atoms with Crippen LogP contribution in [0.2, 0.25) is 5.02 Å². The normalized spacial score (nSPS) is 9.95. The molecular weight excluding hydrogens is 258 g/mol. The summed E-state index contributed by atoms with van der Waals surface area (Å²) in [5.74, 6) is 0. The molecule has 0 fully saturated rings. The first-order chi connectivity index (χ1) is 9.26. The Kier molecular flexibility index (Phi) is 4.38. The number of hydrogen-bond acceptors (Lipinski definition) is 3. The fourth-order valence-corrected chi connectivity index (χ4v) is 2.17. The smallest absolute Gasteiger partial charge is 0.103 e. The minimum absolute atomic E-state index is 0.494. The highest BCUT2D eigenvalue weighted by atomic mass is 35.5. The van der Waals surface area contributed by atoms with Crippen molar-refractivity contribution in [3.8, 4) is 6.07 Å². The highest BCUT2D eigenvalue weighted by Crippen LogP contribution is 2.27. The predicted molar refractivity (Wildman–Crippen MR) is 77.1 cm³/mol. The molecule has 0 N–H and O–H groups in total. The van der Waals surface area contributed by atoms with Crippen molar-refractivity contribution in [3.63, 3.8) is 0 Å². The summed E-state index contributed by atoms with van der Waals surface area (Å²) in [6.45, 7) is 3.59. The molecule has 0 aliphatic rings. The molecule has 0 atom stereocenters. The summed E-state index contributed by atoms with van der Waals surface area (Å²) in [6.07, 6.45) is 3.54. The molecule has 1 heterocycles. The summed E-state index contributed by atoms with van der Waals surface area (Å²) in [4.78, 5) is 6.13. The van der Waals surface area contributed by atoms with Crippen LogP contribution in [-0.2, 0) is 6.54 Å². The summed E-state index contributed by atoms with van der Waals surface area (Å²) in [5.41, 5.74) is 2.55. The largest absolute Gasteiger partial charge is 0.366 e. The van der Waals surface area contributed by atoms with Crippen LogP contribution in [0.4, 0.5) is 5.69 Å². The van der Waals surface area contributed by atoms with Gasteiger partial charge in [-0.15, -0.1) is 0 Å². The summed E-state index contributed by atoms with van der Waals surface area (Å²) in [5, 5.41) is 9.73. The van der Waals surface area contributed by atoms with E-state index in [1.165, 1.54) is 0 Å². The molecule has 0 amide bonds. The van der Waals surface area contributed by atoms with Gasteiger partial charge in [0, 0.05) is 25.5 Å². The Labute approximate surface area is 118 Å². The SMILES string of the molecule is CCN(Cc1ccncc1)c1cccc(Cl)c1C#N. The van der Waals surface area contributed by atoms with E-state index in [1.807, 2.05) is 24.3 Å². The standard InChI is InChI=1S/C15H14ClN3/c1-2-19(11-12-6-8-18-9-7-12)15-5-3-4-14(16)13(15)10-17/h3-9H,2,11H2,1H3. The van der Waals surface area contributed by atoms with Crippen LogP contribution in [0.3, 0.4) is 0 Å². The van der Waals surface area contributed by atoms with Crippen LogP contribution in [0.1, 0.15) is 18.1 Å². The van der Waals surface area contributed by atoms with Crippen molar-refractivity contribution < 1.29 is 0 Å². The van der Waals surface area contributed by atoms with Crippen molar-refractivity contribution in [1.82, 2.24) is 4.98 Å². The van der Waals surface area contributed by atoms with E-state index in [0.717, 1.165) is 24.3 Å². The molecule has 0 unspecified atom stereocenters. The number of pyridine rings is 1. The fraction of sp³-hybridized carbons (Fsp3) is 0.200. The Bertz CT molecular complexity index is 590. The molecule has 0 saturated heterocycles. The van der Waals surface area contributed by atoms with Crippen molar-refractivity contribution in [3.05, 3.63) is 58.9 Å². The maximum absolute atomic E-state index is 9.24. The lowest BCUT2D eigenvalue weighted by atomic mass is 10.1. The zero-order valence-corrected chi connectivity index (χ0v) is 11.4. The lowest BCUT2D eigenvalue weighted by Gasteiger charge is -2.24. The molecule has 19 heavy (non-hydrogen) atoms. The topological polar surface area (TPSA) is 39.9 Å². The van der Waals surface area contributed by atoms with Crippen molar-refractivity contribution in [2.24, 2.45) is 0 Å². The summed E-state index contributed by atoms with van der Waals surface area (Å²) in [7, 11) is 0. The molecule has 0 bridgehead atoms. The Morgan fingerprint density at radius 1 is 1.26 bits per heavy atom. The molecule has 2 rings (SSSR count). The summed E-state index contributed by atoms with van der Waals surface area (Å²) in [6, 6.07) is 11.7. The van der Waals surface area contributed by atoms with Gasteiger partial charge in [-0.25, -0.2) is 0 Å². The highest BCUT2D eigenvalue weighted by molar-refractivity contribution is 6.32. The van der Waals surface area contributed by atoms with Gasteiger partial charge in [-0.2, -0.15) is 5.26 Å². The van der Waals surface area contributed by atoms with Gasteiger partial charge in [0.05, 0.1) is 16.3 Å². The van der Waals surface area contributed by atoms with Crippen LogP contribution in [-0.4, -0.2) is 11.5 Å². The van der Waals surface area contributed by atoms with E-state index in [1.54, 1.807) is 18.5 Å². The molecule has 1 aromatic heterocycles. The average molecular weight is 272 g/mol. The molecule has 0 aliphatic carbocycles. The zero-order valence-electron chi connectivity index (χ0n) is 10.7. The number of rotatable bonds is 4. The van der Waals surface area contributed by atoms with Gasteiger partial charge in [-0.1, -0.05) is 17.7 Å². The Morgan fingerprint density at radius 2 is 2.00 bits per heavy atom. The third kappa shape index (κ3) is 3.04. The van der Waals surface area contributed by atoms with Gasteiger partial charge >= 0.3 is 0 Å². The maximum atomic E-state index is 9.24. The average Bonchev–Trinajstić information content (AvgIpc) is 2.45. The van der Waals surface area contributed by atoms with Gasteiger partial charge in [-0.3, -0.25) is 4.98 Å². The molecule has 0 radical (unpaired) electrons. The molecular formula is C15H14ClN3. The van der Waals surface area contributed by atoms with E-state index in [-0.39, 0.29) is 0 Å². The number of halogens is 1. The number of hydrogen-bond donors (Lipinski definition) is 0. The van der Waals surface area contributed by atoms with E-state index in [2.05, 4.69) is 22.9 Å². The summed E-state index contributed by atoms with van der Waals surface area (Å²) < 4.78 is 0. The Balaban J connectivity index is 2.33. The van der Waals surface area contributed by atoms with E-state index in [9.17, 15) is 5.26 Å². The van der Waals surface area contributed by atoms with E-state index >= 15 is 0 Å². The van der Waals surface area contributed by atoms with Crippen LogP contribution in [0.5, 0.6) is 0 Å². The summed E-state index contributed by atoms with van der Waals surface area (Å²) >= 11 is 6.07. The van der Waals surface area contributed by atoms with Crippen LogP contribution in [0.25, 0.3) is 0 Å². The molecule has 1 aromatic carbocycles. The number of nitrogens with zero attached hydrogens (tertiary/aromatic N) is 3. The Hall–Kier alpha value is -2.05. The van der Waals surface area contributed by atoms with Gasteiger partial charge in [0.15, 0.2) is 0 Å². The minimum Gasteiger partial charge on any atom is -0.366 e. The lowest BCUT2D eigenvalue weighted by molar-refractivity contribution is 0.829. The van der Waals surface area contributed by atoms with Crippen LogP contribution in [0, 0.1) is 11.3 Å². The van der Waals surface area contributed by atoms with Crippen LogP contribution >= 0.6 is 11.6 Å². The quantitative estimate of drug-likeness (QED) is 0.852. The first-order valence-electron chi connectivity index (χ1n) is 6.08. The Morgan fingerprint density at radius 3 is 2.63 bits per heavy atom. The van der Waals surface area contributed by atoms with E-state index < -0.39 is 0 Å². The van der Waals surface area contributed by atoms with Crippen molar-refractivity contribution >= 4 is 17.3 Å². The van der Waals surface area contributed by atoms with Crippen molar-refractivity contribution in [1.29, 1.82) is 5.26 Å². The molecule has 0 spiro atoms. The monoisotopic (exact) mass is 271 g/mol. The van der Waals surface area contributed by atoms with Gasteiger partial charge in [0.2, 0.25) is 0 Å². The first kappa shape index (κ1) is 13.4. The van der Waals surface area contributed by atoms with Crippen LogP contribution < -0.4 is 4.90 Å². The van der Waals surface area contributed by atoms with Crippen molar-refractivity contribution in [2.75, 3.05) is 11.4 Å². The molecule has 2 aromatic rings. The second kappa shape index (κ2) is 6.21. The molecule has 0 saturated carbocycles. The predicted octanol–water partition coefficient (Wildman–Crippen LogP) is 3.63. The third-order valence-corrected chi connectivity index (χ3v) is 3.26. The highest BCUT2D eigenvalue weighted by Gasteiger charge is 2.12. The second-order valence-corrected chi connectivity index (χ2v) is 4.52. The van der Waals surface area contributed by atoms with Crippen LogP contribution in [0.15, 0.2) is 42.7 Å². The van der Waals surface area contributed by atoms with E-state index in [0.29, 0.717) is 10.6 Å². The number of benzene rings is 1. The number of anilines is 1. The number of aromatic nitrogens is 1.